The maximum Gasteiger partial charge on any atom is 0.243 e. The summed E-state index contributed by atoms with van der Waals surface area (Å²) >= 11 is 0. The number of para-hydroxylation sites is 1. The number of hydrogen-bond donors (Lipinski definition) is 2. The number of hydrogen-bond acceptors (Lipinski definition) is 9. The number of furan rings is 1. The maximum absolute atomic E-state index is 13.5. The van der Waals surface area contributed by atoms with Crippen LogP contribution in [0.25, 0.3) is 22.9 Å². The van der Waals surface area contributed by atoms with Crippen molar-refractivity contribution >= 4 is 21.6 Å². The van der Waals surface area contributed by atoms with Gasteiger partial charge in [0.05, 0.1) is 26.1 Å². The van der Waals surface area contributed by atoms with Crippen LogP contribution < -0.4 is 14.2 Å². The normalized spacial score (nSPS) is 13.4. The lowest BCUT2D eigenvalue weighted by molar-refractivity contribution is 0.170. The topological polar surface area (TPSA) is 146 Å². The molecule has 0 radical (unpaired) electrons. The lowest BCUT2D eigenvalue weighted by Crippen LogP contribution is -2.32. The summed E-state index contributed by atoms with van der Waals surface area (Å²) in [6.07, 6.45) is 1.76. The molecule has 0 bridgehead atoms. The Kier molecular flexibility index (Phi) is 6.55. The standard InChI is InChI=1S/C25H26N6O6S/c1-15-11-12-20(37-15)24-27-28-25(31(24)22-18(35-3)8-7-9-19(22)36-4)29-38(33,34)16(2)23(32)17-14-26-21-10-5-6-13-30(17)21/h5-14,16,23,32H,1-4H3,(H,28,29). The van der Waals surface area contributed by atoms with Crippen LogP contribution in [0.2, 0.25) is 0 Å². The fraction of sp³-hybridized carbons (Fsp3) is 0.240. The van der Waals surface area contributed by atoms with E-state index in [0.717, 1.165) is 0 Å². The van der Waals surface area contributed by atoms with E-state index in [2.05, 4.69) is 19.9 Å². The monoisotopic (exact) mass is 538 g/mol. The number of aliphatic hydroxyl groups excluding tert-OH is 1. The van der Waals surface area contributed by atoms with Gasteiger partial charge in [0.1, 0.15) is 39.9 Å². The van der Waals surface area contributed by atoms with Crippen molar-refractivity contribution in [3.05, 3.63) is 72.4 Å². The first-order chi connectivity index (χ1) is 18.2. The predicted octanol–water partition coefficient (Wildman–Crippen LogP) is 3.36. The summed E-state index contributed by atoms with van der Waals surface area (Å²) in [6.45, 7) is 3.18. The number of rotatable bonds is 9. The molecule has 38 heavy (non-hydrogen) atoms. The Balaban J connectivity index is 1.59. The number of aryl methyl sites for hydroxylation is 1. The van der Waals surface area contributed by atoms with E-state index < -0.39 is 21.4 Å². The van der Waals surface area contributed by atoms with Gasteiger partial charge in [0.15, 0.2) is 5.76 Å². The van der Waals surface area contributed by atoms with Gasteiger partial charge in [-0.25, -0.2) is 13.4 Å². The van der Waals surface area contributed by atoms with Crippen LogP contribution in [0.15, 0.2) is 65.3 Å². The van der Waals surface area contributed by atoms with E-state index in [9.17, 15) is 13.5 Å². The number of sulfonamides is 1. The average molecular weight is 539 g/mol. The summed E-state index contributed by atoms with van der Waals surface area (Å²) in [5.74, 6) is 1.82. The Labute approximate surface area is 218 Å². The van der Waals surface area contributed by atoms with E-state index in [0.29, 0.717) is 40.0 Å². The van der Waals surface area contributed by atoms with Crippen LogP contribution in [-0.4, -0.2) is 57.1 Å². The third-order valence-electron chi connectivity index (χ3n) is 6.17. The smallest absolute Gasteiger partial charge is 0.243 e. The number of aliphatic hydroxyl groups is 1. The number of benzene rings is 1. The summed E-state index contributed by atoms with van der Waals surface area (Å²) in [5.41, 5.74) is 1.28. The number of ether oxygens (including phenoxy) is 2. The molecule has 0 aliphatic heterocycles. The van der Waals surface area contributed by atoms with Crippen LogP contribution in [0.1, 0.15) is 24.5 Å². The van der Waals surface area contributed by atoms with Crippen molar-refractivity contribution in [3.8, 4) is 28.8 Å². The highest BCUT2D eigenvalue weighted by molar-refractivity contribution is 7.93. The highest BCUT2D eigenvalue weighted by atomic mass is 32.2. The molecule has 0 saturated carbocycles. The van der Waals surface area contributed by atoms with Crippen molar-refractivity contribution in [2.24, 2.45) is 0 Å². The highest BCUT2D eigenvalue weighted by Crippen LogP contribution is 2.38. The molecule has 2 N–H and O–H groups in total. The first-order valence-electron chi connectivity index (χ1n) is 11.6. The van der Waals surface area contributed by atoms with Crippen LogP contribution in [0, 0.1) is 6.92 Å². The molecular formula is C25H26N6O6S. The zero-order chi connectivity index (χ0) is 27.0. The lowest BCUT2D eigenvalue weighted by Gasteiger charge is -2.21. The summed E-state index contributed by atoms with van der Waals surface area (Å²) in [4.78, 5) is 4.24. The van der Waals surface area contributed by atoms with Crippen molar-refractivity contribution in [1.29, 1.82) is 0 Å². The van der Waals surface area contributed by atoms with Crippen LogP contribution in [0.3, 0.4) is 0 Å². The molecule has 4 heterocycles. The van der Waals surface area contributed by atoms with Crippen molar-refractivity contribution in [2.45, 2.75) is 25.2 Å². The number of fused-ring (bicyclic) bond motifs is 1. The Morgan fingerprint density at radius 3 is 2.42 bits per heavy atom. The molecule has 0 spiro atoms. The zero-order valence-corrected chi connectivity index (χ0v) is 21.9. The van der Waals surface area contributed by atoms with Crippen molar-refractivity contribution < 1.29 is 27.4 Å². The summed E-state index contributed by atoms with van der Waals surface area (Å²) in [7, 11) is -1.25. The van der Waals surface area contributed by atoms with Crippen molar-refractivity contribution in [3.63, 3.8) is 0 Å². The summed E-state index contributed by atoms with van der Waals surface area (Å²) in [6, 6.07) is 13.9. The molecular weight excluding hydrogens is 512 g/mol. The SMILES string of the molecule is COc1cccc(OC)c1-n1c(NS(=O)(=O)C(C)C(O)c2cnc3ccccn23)nnc1-c1ccc(C)o1. The van der Waals surface area contributed by atoms with Crippen LogP contribution >= 0.6 is 0 Å². The Morgan fingerprint density at radius 2 is 1.76 bits per heavy atom. The first kappa shape index (κ1) is 25.3. The fourth-order valence-corrected chi connectivity index (χ4v) is 5.18. The number of aromatic nitrogens is 5. The predicted molar refractivity (Wildman–Crippen MR) is 139 cm³/mol. The number of anilines is 1. The summed E-state index contributed by atoms with van der Waals surface area (Å²) < 4.78 is 49.5. The molecule has 0 aliphatic carbocycles. The molecule has 2 atom stereocenters. The van der Waals surface area contributed by atoms with E-state index in [4.69, 9.17) is 13.9 Å². The molecule has 2 unspecified atom stereocenters. The van der Waals surface area contributed by atoms with Gasteiger partial charge in [-0.1, -0.05) is 12.1 Å². The maximum atomic E-state index is 13.5. The van der Waals surface area contributed by atoms with Gasteiger partial charge in [-0.15, -0.1) is 10.2 Å². The molecule has 1 aromatic carbocycles. The Bertz CT molecular complexity index is 1680. The minimum Gasteiger partial charge on any atom is -0.494 e. The van der Waals surface area contributed by atoms with Crippen LogP contribution in [0.4, 0.5) is 5.95 Å². The van der Waals surface area contributed by atoms with E-state index in [1.807, 2.05) is 0 Å². The van der Waals surface area contributed by atoms with Gasteiger partial charge in [0.25, 0.3) is 0 Å². The van der Waals surface area contributed by atoms with Gasteiger partial charge in [0.2, 0.25) is 21.8 Å². The number of nitrogens with one attached hydrogen (secondary N) is 1. The van der Waals surface area contributed by atoms with Crippen molar-refractivity contribution in [2.75, 3.05) is 18.9 Å². The number of imidazole rings is 1. The molecule has 0 amide bonds. The molecule has 0 saturated heterocycles. The van der Waals surface area contributed by atoms with Crippen molar-refractivity contribution in [1.82, 2.24) is 24.1 Å². The molecule has 12 nitrogen and oxygen atoms in total. The van der Waals surface area contributed by atoms with Crippen LogP contribution in [-0.2, 0) is 10.0 Å². The lowest BCUT2D eigenvalue weighted by atomic mass is 10.2. The molecule has 0 aliphatic rings. The second-order valence-corrected chi connectivity index (χ2v) is 10.6. The minimum absolute atomic E-state index is 0.144. The number of nitrogens with zero attached hydrogens (tertiary/aromatic N) is 5. The molecule has 13 heteroatoms. The van der Waals surface area contributed by atoms with Gasteiger partial charge >= 0.3 is 0 Å². The van der Waals surface area contributed by atoms with Gasteiger partial charge in [-0.05, 0) is 50.2 Å². The third-order valence-corrected chi connectivity index (χ3v) is 7.87. The average Bonchev–Trinajstić information content (AvgIpc) is 3.65. The Morgan fingerprint density at radius 1 is 1.03 bits per heavy atom. The fourth-order valence-electron chi connectivity index (χ4n) is 4.13. The second kappa shape index (κ2) is 9.84. The molecule has 4 aromatic heterocycles. The number of methoxy groups -OCH3 is 2. The van der Waals surface area contributed by atoms with Gasteiger partial charge < -0.3 is 23.4 Å². The molecule has 0 fully saturated rings. The van der Waals surface area contributed by atoms with Gasteiger partial charge in [0, 0.05) is 6.20 Å². The third kappa shape index (κ3) is 4.35. The highest BCUT2D eigenvalue weighted by Gasteiger charge is 2.34. The quantitative estimate of drug-likeness (QED) is 0.288. The van der Waals surface area contributed by atoms with Gasteiger partial charge in [-0.2, -0.15) is 0 Å². The van der Waals surface area contributed by atoms with E-state index in [-0.39, 0.29) is 11.8 Å². The second-order valence-electron chi connectivity index (χ2n) is 8.51. The molecule has 5 aromatic rings. The van der Waals surface area contributed by atoms with E-state index in [1.54, 1.807) is 66.1 Å². The van der Waals surface area contributed by atoms with Gasteiger partial charge in [-0.3, -0.25) is 9.29 Å². The molecule has 5 rings (SSSR count). The first-order valence-corrected chi connectivity index (χ1v) is 13.1. The van der Waals surface area contributed by atoms with Crippen LogP contribution in [0.5, 0.6) is 11.5 Å². The largest absolute Gasteiger partial charge is 0.494 e. The molecule has 198 valence electrons. The zero-order valence-electron chi connectivity index (χ0n) is 21.1. The number of pyridine rings is 1. The van der Waals surface area contributed by atoms with E-state index >= 15 is 0 Å². The minimum atomic E-state index is -4.22. The van der Waals surface area contributed by atoms with E-state index in [1.165, 1.54) is 31.9 Å². The summed E-state index contributed by atoms with van der Waals surface area (Å²) in [5, 5.41) is 18.1. The Hall–Kier alpha value is -4.36.